The van der Waals surface area contributed by atoms with Crippen LogP contribution in [0.2, 0.25) is 0 Å². The highest BCUT2D eigenvalue weighted by molar-refractivity contribution is 7.99. The van der Waals surface area contributed by atoms with Crippen molar-refractivity contribution in [1.29, 1.82) is 0 Å². The lowest BCUT2D eigenvalue weighted by atomic mass is 10.4. The molecule has 2 nitrogen and oxygen atoms in total. The van der Waals surface area contributed by atoms with Crippen LogP contribution in [0.3, 0.4) is 0 Å². The molecule has 0 atom stereocenters. The number of rotatable bonds is 4. The first kappa shape index (κ1) is 13.8. The summed E-state index contributed by atoms with van der Waals surface area (Å²) >= 11 is 1.93. The maximum atomic E-state index is 5.32. The number of ether oxygens (including phenoxy) is 1. The molecule has 0 saturated carbocycles. The minimum atomic E-state index is 0. The van der Waals surface area contributed by atoms with Crippen LogP contribution < -0.4 is 0 Å². The Morgan fingerprint density at radius 2 is 1.81 bits per heavy atom. The Labute approximate surface area is 108 Å². The van der Waals surface area contributed by atoms with Crippen LogP contribution in [0, 0.1) is 0 Å². The van der Waals surface area contributed by atoms with Gasteiger partial charge >= 0.3 is 0 Å². The highest BCUT2D eigenvalue weighted by Crippen LogP contribution is 2.16. The second-order valence-electron chi connectivity index (χ2n) is 3.62. The van der Waals surface area contributed by atoms with Crippen molar-refractivity contribution in [3.63, 3.8) is 0 Å². The fraction of sp³-hybridized carbons (Fsp3) is 0.500. The Hall–Kier alpha value is -0.220. The van der Waals surface area contributed by atoms with Crippen molar-refractivity contribution >= 4 is 24.2 Å². The minimum Gasteiger partial charge on any atom is -0.379 e. The van der Waals surface area contributed by atoms with Crippen LogP contribution in [0.4, 0.5) is 0 Å². The van der Waals surface area contributed by atoms with Crippen LogP contribution >= 0.6 is 24.2 Å². The first-order valence-electron chi connectivity index (χ1n) is 5.43. The monoisotopic (exact) mass is 259 g/mol. The van der Waals surface area contributed by atoms with E-state index in [4.69, 9.17) is 4.74 Å². The zero-order valence-electron chi connectivity index (χ0n) is 9.30. The van der Waals surface area contributed by atoms with Crippen molar-refractivity contribution in [2.45, 2.75) is 4.90 Å². The van der Waals surface area contributed by atoms with Crippen LogP contribution in [0.1, 0.15) is 0 Å². The van der Waals surface area contributed by atoms with Gasteiger partial charge in [-0.2, -0.15) is 0 Å². The van der Waals surface area contributed by atoms with E-state index in [0.717, 1.165) is 26.3 Å². The van der Waals surface area contributed by atoms with Gasteiger partial charge in [0.25, 0.3) is 0 Å². The van der Waals surface area contributed by atoms with Crippen molar-refractivity contribution in [1.82, 2.24) is 4.90 Å². The summed E-state index contributed by atoms with van der Waals surface area (Å²) in [5.41, 5.74) is 0. The lowest BCUT2D eigenvalue weighted by Crippen LogP contribution is -2.37. The lowest BCUT2D eigenvalue weighted by Gasteiger charge is -2.26. The molecule has 1 aliphatic heterocycles. The van der Waals surface area contributed by atoms with E-state index in [-0.39, 0.29) is 12.4 Å². The molecule has 2 rings (SSSR count). The maximum Gasteiger partial charge on any atom is 0.0594 e. The van der Waals surface area contributed by atoms with Crippen molar-refractivity contribution < 1.29 is 4.74 Å². The molecule has 0 bridgehead atoms. The summed E-state index contributed by atoms with van der Waals surface area (Å²) in [7, 11) is 0. The predicted molar refractivity (Wildman–Crippen MR) is 71.7 cm³/mol. The third-order valence-electron chi connectivity index (χ3n) is 2.52. The average molecular weight is 260 g/mol. The number of halogens is 1. The zero-order valence-corrected chi connectivity index (χ0v) is 10.9. The van der Waals surface area contributed by atoms with E-state index in [2.05, 4.69) is 35.2 Å². The largest absolute Gasteiger partial charge is 0.379 e. The van der Waals surface area contributed by atoms with Gasteiger partial charge in [0.1, 0.15) is 0 Å². The SMILES string of the molecule is Cl.c1ccc(SCCN2CCOCC2)cc1. The van der Waals surface area contributed by atoms with Gasteiger partial charge in [0.05, 0.1) is 13.2 Å². The topological polar surface area (TPSA) is 12.5 Å². The van der Waals surface area contributed by atoms with Gasteiger partial charge in [0.2, 0.25) is 0 Å². The third kappa shape index (κ3) is 4.74. The standard InChI is InChI=1S/C12H17NOS.ClH/c1-2-4-12(5-3-1)15-11-8-13-6-9-14-10-7-13;/h1-5H,6-11H2;1H. The second kappa shape index (κ2) is 7.96. The molecule has 4 heteroatoms. The van der Waals surface area contributed by atoms with Crippen LogP contribution in [0.25, 0.3) is 0 Å². The highest BCUT2D eigenvalue weighted by atomic mass is 35.5. The van der Waals surface area contributed by atoms with E-state index in [0.29, 0.717) is 0 Å². The maximum absolute atomic E-state index is 5.32. The van der Waals surface area contributed by atoms with Crippen LogP contribution in [0.5, 0.6) is 0 Å². The summed E-state index contributed by atoms with van der Waals surface area (Å²) in [5, 5.41) is 0. The Balaban J connectivity index is 0.00000128. The molecule has 90 valence electrons. The fourth-order valence-electron chi connectivity index (χ4n) is 1.63. The molecule has 1 aromatic carbocycles. The van der Waals surface area contributed by atoms with E-state index in [1.165, 1.54) is 17.2 Å². The molecule has 0 aliphatic carbocycles. The molecule has 1 heterocycles. The van der Waals surface area contributed by atoms with Gasteiger partial charge in [-0.3, -0.25) is 4.90 Å². The molecular weight excluding hydrogens is 242 g/mol. The van der Waals surface area contributed by atoms with Gasteiger partial charge in [-0.25, -0.2) is 0 Å². The lowest BCUT2D eigenvalue weighted by molar-refractivity contribution is 0.0410. The van der Waals surface area contributed by atoms with Crippen LogP contribution in [-0.4, -0.2) is 43.5 Å². The van der Waals surface area contributed by atoms with Gasteiger partial charge in [-0.15, -0.1) is 24.2 Å². The van der Waals surface area contributed by atoms with E-state index < -0.39 is 0 Å². The molecule has 16 heavy (non-hydrogen) atoms. The van der Waals surface area contributed by atoms with E-state index >= 15 is 0 Å². The summed E-state index contributed by atoms with van der Waals surface area (Å²) in [6, 6.07) is 10.6. The Bertz CT molecular complexity index is 278. The number of benzene rings is 1. The van der Waals surface area contributed by atoms with Crippen molar-refractivity contribution in [2.75, 3.05) is 38.6 Å². The van der Waals surface area contributed by atoms with Gasteiger partial charge < -0.3 is 4.74 Å². The number of hydrogen-bond acceptors (Lipinski definition) is 3. The first-order valence-corrected chi connectivity index (χ1v) is 6.42. The number of hydrogen-bond donors (Lipinski definition) is 0. The Morgan fingerprint density at radius 1 is 1.12 bits per heavy atom. The van der Waals surface area contributed by atoms with Crippen LogP contribution in [0.15, 0.2) is 35.2 Å². The van der Waals surface area contributed by atoms with Gasteiger partial charge in [-0.05, 0) is 12.1 Å². The molecule has 1 fully saturated rings. The molecule has 0 N–H and O–H groups in total. The highest BCUT2D eigenvalue weighted by Gasteiger charge is 2.09. The van der Waals surface area contributed by atoms with Crippen LogP contribution in [-0.2, 0) is 4.74 Å². The van der Waals surface area contributed by atoms with Gasteiger partial charge in [0, 0.05) is 30.3 Å². The normalized spacial score (nSPS) is 16.8. The van der Waals surface area contributed by atoms with Crippen molar-refractivity contribution in [3.05, 3.63) is 30.3 Å². The summed E-state index contributed by atoms with van der Waals surface area (Å²) in [4.78, 5) is 3.84. The second-order valence-corrected chi connectivity index (χ2v) is 4.78. The Kier molecular flexibility index (Phi) is 6.88. The Morgan fingerprint density at radius 3 is 2.50 bits per heavy atom. The molecular formula is C12H18ClNOS. The third-order valence-corrected chi connectivity index (χ3v) is 3.52. The quantitative estimate of drug-likeness (QED) is 0.771. The summed E-state index contributed by atoms with van der Waals surface area (Å²) in [6.07, 6.45) is 0. The molecule has 0 radical (unpaired) electrons. The van der Waals surface area contributed by atoms with E-state index in [9.17, 15) is 0 Å². The van der Waals surface area contributed by atoms with Gasteiger partial charge in [0.15, 0.2) is 0 Å². The molecule has 1 aromatic rings. The molecule has 0 aromatic heterocycles. The summed E-state index contributed by atoms with van der Waals surface area (Å²) < 4.78 is 5.32. The van der Waals surface area contributed by atoms with Crippen molar-refractivity contribution in [3.8, 4) is 0 Å². The molecule has 1 aliphatic rings. The van der Waals surface area contributed by atoms with Crippen molar-refractivity contribution in [2.24, 2.45) is 0 Å². The van der Waals surface area contributed by atoms with E-state index in [1.807, 2.05) is 11.8 Å². The average Bonchev–Trinajstić information content (AvgIpc) is 2.32. The zero-order chi connectivity index (χ0) is 10.3. The summed E-state index contributed by atoms with van der Waals surface area (Å²) in [5.74, 6) is 1.17. The first-order chi connectivity index (χ1) is 7.45. The number of thioether (sulfide) groups is 1. The predicted octanol–water partition coefficient (Wildman–Crippen LogP) is 2.53. The molecule has 0 unspecified atom stereocenters. The minimum absolute atomic E-state index is 0. The van der Waals surface area contributed by atoms with Gasteiger partial charge in [-0.1, -0.05) is 18.2 Å². The fourth-order valence-corrected chi connectivity index (χ4v) is 2.57. The number of nitrogens with zero attached hydrogens (tertiary/aromatic N) is 1. The smallest absolute Gasteiger partial charge is 0.0594 e. The molecule has 0 amide bonds. The molecule has 1 saturated heterocycles. The number of morpholine rings is 1. The summed E-state index contributed by atoms with van der Waals surface area (Å²) in [6.45, 7) is 5.15. The van der Waals surface area contributed by atoms with E-state index in [1.54, 1.807) is 0 Å². The molecule has 0 spiro atoms.